The van der Waals surface area contributed by atoms with Crippen LogP contribution in [-0.4, -0.2) is 27.2 Å². The summed E-state index contributed by atoms with van der Waals surface area (Å²) < 4.78 is 44.9. The highest BCUT2D eigenvalue weighted by Crippen LogP contribution is 2.50. The molecule has 30 heavy (non-hydrogen) atoms. The van der Waals surface area contributed by atoms with Gasteiger partial charge in [-0.1, -0.05) is 25.3 Å². The molecule has 2 aliphatic rings. The average Bonchev–Trinajstić information content (AvgIpc) is 3.19. The van der Waals surface area contributed by atoms with Crippen LogP contribution in [0, 0.1) is 0 Å². The maximum absolute atomic E-state index is 12.9. The number of pyridine rings is 1. The van der Waals surface area contributed by atoms with Gasteiger partial charge in [-0.15, -0.1) is 0 Å². The molecule has 0 bridgehead atoms. The van der Waals surface area contributed by atoms with Crippen LogP contribution in [0.4, 0.5) is 13.2 Å². The van der Waals surface area contributed by atoms with Gasteiger partial charge < -0.3 is 4.74 Å². The van der Waals surface area contributed by atoms with Crippen LogP contribution in [0.25, 0.3) is 0 Å². The molecule has 1 aliphatic heterocycles. The number of alkyl halides is 3. The fourth-order valence-electron chi connectivity index (χ4n) is 5.23. The van der Waals surface area contributed by atoms with Gasteiger partial charge in [0.25, 0.3) is 0 Å². The Labute approximate surface area is 175 Å². The summed E-state index contributed by atoms with van der Waals surface area (Å²) in [6.07, 6.45) is 9.34. The van der Waals surface area contributed by atoms with Crippen LogP contribution in [0.15, 0.2) is 36.8 Å². The van der Waals surface area contributed by atoms with Crippen molar-refractivity contribution in [3.05, 3.63) is 53.9 Å². The molecule has 1 unspecified atom stereocenters. The Balaban J connectivity index is 1.43. The first-order valence-electron chi connectivity index (χ1n) is 10.8. The van der Waals surface area contributed by atoms with Crippen molar-refractivity contribution in [2.75, 3.05) is 6.61 Å². The van der Waals surface area contributed by atoms with E-state index in [4.69, 9.17) is 9.72 Å². The van der Waals surface area contributed by atoms with Crippen molar-refractivity contribution in [1.29, 1.82) is 0 Å². The lowest BCUT2D eigenvalue weighted by atomic mass is 9.67. The zero-order valence-electron chi connectivity index (χ0n) is 17.1. The Bertz CT molecular complexity index is 837. The van der Waals surface area contributed by atoms with E-state index in [0.29, 0.717) is 12.1 Å². The highest BCUT2D eigenvalue weighted by molar-refractivity contribution is 5.20. The molecule has 1 aliphatic carbocycles. The minimum absolute atomic E-state index is 0.0245. The molecule has 4 nitrogen and oxygen atoms in total. The second-order valence-corrected chi connectivity index (χ2v) is 8.76. The molecule has 2 aromatic heterocycles. The lowest BCUT2D eigenvalue weighted by molar-refractivity contribution is -0.141. The van der Waals surface area contributed by atoms with Crippen molar-refractivity contribution in [2.45, 2.75) is 81.4 Å². The Morgan fingerprint density at radius 1 is 1.03 bits per heavy atom. The van der Waals surface area contributed by atoms with Gasteiger partial charge in [-0.05, 0) is 57.1 Å². The molecule has 0 amide bonds. The predicted octanol–water partition coefficient (Wildman–Crippen LogP) is 5.66. The van der Waals surface area contributed by atoms with Crippen molar-refractivity contribution in [2.24, 2.45) is 0 Å². The third kappa shape index (κ3) is 4.66. The lowest BCUT2D eigenvalue weighted by Crippen LogP contribution is -2.46. The van der Waals surface area contributed by atoms with Gasteiger partial charge in [0.05, 0.1) is 17.5 Å². The summed E-state index contributed by atoms with van der Waals surface area (Å²) in [5.41, 5.74) is 0.554. The summed E-state index contributed by atoms with van der Waals surface area (Å²) in [5, 5.41) is 0. The van der Waals surface area contributed by atoms with Crippen LogP contribution in [0.3, 0.4) is 0 Å². The molecule has 162 valence electrons. The highest BCUT2D eigenvalue weighted by atomic mass is 19.4. The van der Waals surface area contributed by atoms with Gasteiger partial charge in [-0.3, -0.25) is 9.97 Å². The number of hydrogen-bond acceptors (Lipinski definition) is 4. The van der Waals surface area contributed by atoms with Gasteiger partial charge in [-0.2, -0.15) is 13.2 Å². The molecular weight excluding hydrogens is 391 g/mol. The van der Waals surface area contributed by atoms with Crippen LogP contribution >= 0.6 is 0 Å². The van der Waals surface area contributed by atoms with E-state index in [1.165, 1.54) is 19.0 Å². The maximum Gasteiger partial charge on any atom is 0.434 e. The smallest absolute Gasteiger partial charge is 0.375 e. The number of hydrogen-bond donors (Lipinski definition) is 0. The Hall–Kier alpha value is -2.02. The van der Waals surface area contributed by atoms with Crippen molar-refractivity contribution in [3.63, 3.8) is 0 Å². The third-order valence-electron chi connectivity index (χ3n) is 6.69. The van der Waals surface area contributed by atoms with Gasteiger partial charge in [0, 0.05) is 30.1 Å². The van der Waals surface area contributed by atoms with E-state index in [2.05, 4.69) is 16.0 Å². The summed E-state index contributed by atoms with van der Waals surface area (Å²) in [6, 6.07) is 6.10. The molecule has 0 radical (unpaired) electrons. The summed E-state index contributed by atoms with van der Waals surface area (Å²) in [5.74, 6) is 0. The topological polar surface area (TPSA) is 47.9 Å². The molecule has 2 aromatic rings. The van der Waals surface area contributed by atoms with Crippen molar-refractivity contribution in [1.82, 2.24) is 15.0 Å². The van der Waals surface area contributed by atoms with Crippen molar-refractivity contribution in [3.8, 4) is 0 Å². The standard InChI is InChI=1S/C23H28F3N3O/c24-23(25,26)20-16-27-15-18(29-20)7-1-3-9-21(19-8-2-6-13-28-19)12-14-30-22(17-21)10-4-5-11-22/h2,6,8,13,15-16H,1,3-5,7,9-12,14,17H2. The quantitative estimate of drug-likeness (QED) is 0.567. The van der Waals surface area contributed by atoms with Crippen LogP contribution in [-0.2, 0) is 22.7 Å². The van der Waals surface area contributed by atoms with E-state index in [1.54, 1.807) is 0 Å². The zero-order valence-corrected chi connectivity index (χ0v) is 17.1. The normalized spacial score (nSPS) is 23.7. The number of aryl methyl sites for hydroxylation is 1. The highest BCUT2D eigenvalue weighted by Gasteiger charge is 2.48. The van der Waals surface area contributed by atoms with Crippen molar-refractivity contribution < 1.29 is 17.9 Å². The first-order chi connectivity index (χ1) is 14.4. The Kier molecular flexibility index (Phi) is 6.09. The summed E-state index contributed by atoms with van der Waals surface area (Å²) in [7, 11) is 0. The first-order valence-corrected chi connectivity index (χ1v) is 10.8. The maximum atomic E-state index is 12.9. The Morgan fingerprint density at radius 3 is 2.60 bits per heavy atom. The van der Waals surface area contributed by atoms with E-state index >= 15 is 0 Å². The number of ether oxygens (including phenoxy) is 1. The molecule has 3 heterocycles. The van der Waals surface area contributed by atoms with Gasteiger partial charge in [0.1, 0.15) is 0 Å². The van der Waals surface area contributed by atoms with E-state index in [1.807, 2.05) is 18.3 Å². The van der Waals surface area contributed by atoms with Crippen LogP contribution in [0.5, 0.6) is 0 Å². The largest absolute Gasteiger partial charge is 0.434 e. The molecule has 7 heteroatoms. The van der Waals surface area contributed by atoms with Crippen molar-refractivity contribution >= 4 is 0 Å². The first kappa shape index (κ1) is 21.2. The number of nitrogens with zero attached hydrogens (tertiary/aromatic N) is 3. The third-order valence-corrected chi connectivity index (χ3v) is 6.69. The average molecular weight is 419 g/mol. The molecule has 0 aromatic carbocycles. The molecule has 1 atom stereocenters. The molecule has 1 saturated heterocycles. The van der Waals surface area contributed by atoms with Crippen LogP contribution < -0.4 is 0 Å². The van der Waals surface area contributed by atoms with E-state index in [-0.39, 0.29) is 11.0 Å². The SMILES string of the molecule is FC(F)(F)c1cncc(CCCCC2(c3ccccn3)CCOC3(CCCC3)C2)n1. The molecule has 2 fully saturated rings. The molecule has 0 N–H and O–H groups in total. The zero-order chi connectivity index (χ0) is 21.1. The molecule has 1 spiro atoms. The summed E-state index contributed by atoms with van der Waals surface area (Å²) in [4.78, 5) is 12.2. The van der Waals surface area contributed by atoms with E-state index in [0.717, 1.165) is 63.4 Å². The number of rotatable bonds is 6. The van der Waals surface area contributed by atoms with Gasteiger partial charge in [0.15, 0.2) is 5.69 Å². The summed E-state index contributed by atoms with van der Waals surface area (Å²) >= 11 is 0. The minimum Gasteiger partial charge on any atom is -0.375 e. The molecule has 4 rings (SSSR count). The fourth-order valence-corrected chi connectivity index (χ4v) is 5.23. The number of unbranched alkanes of at least 4 members (excludes halogenated alkanes) is 1. The van der Waals surface area contributed by atoms with Gasteiger partial charge in [0.2, 0.25) is 0 Å². The monoisotopic (exact) mass is 419 g/mol. The molecular formula is C23H28F3N3O. The summed E-state index contributed by atoms with van der Waals surface area (Å²) in [6.45, 7) is 0.746. The molecule has 1 saturated carbocycles. The lowest BCUT2D eigenvalue weighted by Gasteiger charge is -2.46. The minimum atomic E-state index is -4.45. The fraction of sp³-hybridized carbons (Fsp3) is 0.609. The van der Waals surface area contributed by atoms with E-state index in [9.17, 15) is 13.2 Å². The van der Waals surface area contributed by atoms with Crippen LogP contribution in [0.1, 0.15) is 74.9 Å². The van der Waals surface area contributed by atoms with Gasteiger partial charge in [-0.25, -0.2) is 4.98 Å². The Morgan fingerprint density at radius 2 is 1.87 bits per heavy atom. The van der Waals surface area contributed by atoms with E-state index < -0.39 is 11.9 Å². The number of aromatic nitrogens is 3. The number of halogens is 3. The van der Waals surface area contributed by atoms with Crippen LogP contribution in [0.2, 0.25) is 0 Å². The van der Waals surface area contributed by atoms with Gasteiger partial charge >= 0.3 is 6.18 Å². The second-order valence-electron chi connectivity index (χ2n) is 8.76. The second kappa shape index (κ2) is 8.61. The predicted molar refractivity (Wildman–Crippen MR) is 107 cm³/mol.